The first kappa shape index (κ1) is 22.7. The highest BCUT2D eigenvalue weighted by Gasteiger charge is 2.08. The molecular weight excluding hydrogens is 469 g/mol. The number of hydrogen-bond acceptors (Lipinski definition) is 2. The molecule has 0 unspecified atom stereocenters. The lowest BCUT2D eigenvalue weighted by Gasteiger charge is -2.22. The van der Waals surface area contributed by atoms with E-state index in [-0.39, 0.29) is 24.0 Å². The molecule has 0 fully saturated rings. The molecule has 0 aromatic heterocycles. The number of benzene rings is 1. The molecule has 0 radical (unpaired) electrons. The van der Waals surface area contributed by atoms with Crippen LogP contribution in [-0.4, -0.2) is 44.2 Å². The largest absolute Gasteiger partial charge is 0.382 e. The van der Waals surface area contributed by atoms with E-state index in [0.717, 1.165) is 56.1 Å². The molecule has 0 atom stereocenters. The van der Waals surface area contributed by atoms with Crippen LogP contribution in [0.2, 0.25) is 0 Å². The van der Waals surface area contributed by atoms with Gasteiger partial charge in [-0.1, -0.05) is 34.1 Å². The third-order valence-corrected chi connectivity index (χ3v) is 4.00. The van der Waals surface area contributed by atoms with Gasteiger partial charge in [-0.05, 0) is 38.3 Å². The Hall–Kier alpha value is -0.340. The first-order valence-electron chi connectivity index (χ1n) is 7.99. The van der Waals surface area contributed by atoms with Crippen molar-refractivity contribution in [3.05, 3.63) is 34.3 Å². The zero-order chi connectivity index (χ0) is 16.2. The predicted molar refractivity (Wildman–Crippen MR) is 113 cm³/mol. The Bertz CT molecular complexity index is 457. The highest BCUT2D eigenvalue weighted by Crippen LogP contribution is 2.17. The summed E-state index contributed by atoms with van der Waals surface area (Å²) < 4.78 is 6.48. The van der Waals surface area contributed by atoms with Gasteiger partial charge < -0.3 is 15.0 Å². The highest BCUT2D eigenvalue weighted by atomic mass is 127. The van der Waals surface area contributed by atoms with E-state index in [1.54, 1.807) is 0 Å². The van der Waals surface area contributed by atoms with Crippen molar-refractivity contribution in [3.8, 4) is 0 Å². The molecule has 0 amide bonds. The zero-order valence-electron chi connectivity index (χ0n) is 14.3. The second-order valence-electron chi connectivity index (χ2n) is 5.09. The molecule has 6 heteroatoms. The lowest BCUT2D eigenvalue weighted by molar-refractivity contribution is 0.144. The molecule has 23 heavy (non-hydrogen) atoms. The number of nitrogens with zero attached hydrogens (tertiary/aromatic N) is 2. The molecule has 1 rings (SSSR count). The summed E-state index contributed by atoms with van der Waals surface area (Å²) >= 11 is 3.60. The second-order valence-corrected chi connectivity index (χ2v) is 5.94. The van der Waals surface area contributed by atoms with Gasteiger partial charge in [-0.15, -0.1) is 24.0 Å². The topological polar surface area (TPSA) is 36.9 Å². The van der Waals surface area contributed by atoms with Crippen molar-refractivity contribution in [2.75, 3.05) is 33.4 Å². The molecule has 0 saturated heterocycles. The first-order valence-corrected chi connectivity index (χ1v) is 8.78. The van der Waals surface area contributed by atoms with E-state index in [1.807, 2.05) is 13.0 Å². The Morgan fingerprint density at radius 2 is 2.00 bits per heavy atom. The Balaban J connectivity index is 0.00000484. The standard InChI is InChI=1S/C17H28BrN3O.HI/c1-4-19-17(20-12-8-9-13-22-5-2)21(3)14-15-10-6-7-11-16(15)18;/h6-7,10-11H,4-5,8-9,12-14H2,1-3H3,(H,19,20);1H. The van der Waals surface area contributed by atoms with E-state index in [1.165, 1.54) is 5.56 Å². The highest BCUT2D eigenvalue weighted by molar-refractivity contribution is 14.0. The third-order valence-electron chi connectivity index (χ3n) is 3.22. The SMILES string of the molecule is CCNC(=NCCCCOCC)N(C)Cc1ccccc1Br.I. The van der Waals surface area contributed by atoms with Crippen molar-refractivity contribution < 1.29 is 4.74 Å². The monoisotopic (exact) mass is 497 g/mol. The normalized spacial score (nSPS) is 11.0. The summed E-state index contributed by atoms with van der Waals surface area (Å²) in [5, 5.41) is 3.35. The lowest BCUT2D eigenvalue weighted by atomic mass is 10.2. The molecule has 132 valence electrons. The van der Waals surface area contributed by atoms with Crippen LogP contribution in [0, 0.1) is 0 Å². The van der Waals surface area contributed by atoms with Crippen LogP contribution in [0.5, 0.6) is 0 Å². The van der Waals surface area contributed by atoms with Crippen molar-refractivity contribution >= 4 is 45.9 Å². The minimum atomic E-state index is 0. The van der Waals surface area contributed by atoms with E-state index in [4.69, 9.17) is 9.73 Å². The maximum Gasteiger partial charge on any atom is 0.193 e. The van der Waals surface area contributed by atoms with Crippen molar-refractivity contribution in [3.63, 3.8) is 0 Å². The Morgan fingerprint density at radius 1 is 1.26 bits per heavy atom. The molecule has 1 aromatic rings. The fourth-order valence-corrected chi connectivity index (χ4v) is 2.48. The smallest absolute Gasteiger partial charge is 0.193 e. The number of nitrogens with one attached hydrogen (secondary N) is 1. The van der Waals surface area contributed by atoms with Crippen LogP contribution in [0.3, 0.4) is 0 Å². The molecular formula is C17H29BrIN3O. The summed E-state index contributed by atoms with van der Waals surface area (Å²) in [6.07, 6.45) is 2.11. The summed E-state index contributed by atoms with van der Waals surface area (Å²) in [7, 11) is 2.07. The molecule has 0 bridgehead atoms. The molecule has 1 N–H and O–H groups in total. The Morgan fingerprint density at radius 3 is 2.65 bits per heavy atom. The number of rotatable bonds is 9. The van der Waals surface area contributed by atoms with Crippen molar-refractivity contribution in [2.24, 2.45) is 4.99 Å². The summed E-state index contributed by atoms with van der Waals surface area (Å²) in [5.74, 6) is 0.953. The minimum absolute atomic E-state index is 0. The van der Waals surface area contributed by atoms with E-state index in [2.05, 4.69) is 58.3 Å². The summed E-state index contributed by atoms with van der Waals surface area (Å²) in [6, 6.07) is 8.30. The second kappa shape index (κ2) is 14.0. The van der Waals surface area contributed by atoms with Gasteiger partial charge in [0.25, 0.3) is 0 Å². The summed E-state index contributed by atoms with van der Waals surface area (Å²) in [5.41, 5.74) is 1.26. The van der Waals surface area contributed by atoms with Crippen LogP contribution in [0.1, 0.15) is 32.3 Å². The average molecular weight is 498 g/mol. The molecule has 0 aliphatic carbocycles. The van der Waals surface area contributed by atoms with Crippen LogP contribution < -0.4 is 5.32 Å². The number of ether oxygens (including phenoxy) is 1. The van der Waals surface area contributed by atoms with E-state index >= 15 is 0 Å². The molecule has 4 nitrogen and oxygen atoms in total. The number of aliphatic imine (C=N–C) groups is 1. The van der Waals surface area contributed by atoms with Crippen LogP contribution in [0.4, 0.5) is 0 Å². The van der Waals surface area contributed by atoms with Gasteiger partial charge in [0, 0.05) is 44.4 Å². The molecule has 0 aliphatic heterocycles. The van der Waals surface area contributed by atoms with Gasteiger partial charge in [-0.2, -0.15) is 0 Å². The molecule has 0 saturated carbocycles. The first-order chi connectivity index (χ1) is 10.7. The fourth-order valence-electron chi connectivity index (χ4n) is 2.07. The van der Waals surface area contributed by atoms with Crippen LogP contribution >= 0.6 is 39.9 Å². The zero-order valence-corrected chi connectivity index (χ0v) is 18.3. The van der Waals surface area contributed by atoms with Gasteiger partial charge in [-0.25, -0.2) is 0 Å². The Labute approximate surface area is 166 Å². The quantitative estimate of drug-likeness (QED) is 0.239. The minimum Gasteiger partial charge on any atom is -0.382 e. The van der Waals surface area contributed by atoms with Gasteiger partial charge in [0.1, 0.15) is 0 Å². The molecule has 0 aliphatic rings. The van der Waals surface area contributed by atoms with E-state index in [0.29, 0.717) is 0 Å². The maximum absolute atomic E-state index is 5.35. The number of guanidine groups is 1. The van der Waals surface area contributed by atoms with Gasteiger partial charge in [-0.3, -0.25) is 4.99 Å². The number of halogens is 2. The van der Waals surface area contributed by atoms with Crippen molar-refractivity contribution in [1.29, 1.82) is 0 Å². The number of unbranched alkanes of at least 4 members (excludes halogenated alkanes) is 1. The Kier molecular flexibility index (Phi) is 13.8. The van der Waals surface area contributed by atoms with Crippen LogP contribution in [0.15, 0.2) is 33.7 Å². The molecule has 1 aromatic carbocycles. The predicted octanol–water partition coefficient (Wildman–Crippen LogP) is 4.28. The van der Waals surface area contributed by atoms with Crippen molar-refractivity contribution in [1.82, 2.24) is 10.2 Å². The summed E-state index contributed by atoms with van der Waals surface area (Å²) in [6.45, 7) is 8.27. The average Bonchev–Trinajstić information content (AvgIpc) is 2.51. The number of hydrogen-bond donors (Lipinski definition) is 1. The van der Waals surface area contributed by atoms with Gasteiger partial charge in [0.2, 0.25) is 0 Å². The van der Waals surface area contributed by atoms with Crippen molar-refractivity contribution in [2.45, 2.75) is 33.2 Å². The third kappa shape index (κ3) is 9.52. The molecule has 0 heterocycles. The van der Waals surface area contributed by atoms with E-state index < -0.39 is 0 Å². The summed E-state index contributed by atoms with van der Waals surface area (Å²) in [4.78, 5) is 6.86. The maximum atomic E-state index is 5.35. The fraction of sp³-hybridized carbons (Fsp3) is 0.588. The van der Waals surface area contributed by atoms with Crippen LogP contribution in [0.25, 0.3) is 0 Å². The molecule has 0 spiro atoms. The van der Waals surface area contributed by atoms with Gasteiger partial charge in [0.05, 0.1) is 0 Å². The van der Waals surface area contributed by atoms with E-state index in [9.17, 15) is 0 Å². The van der Waals surface area contributed by atoms with Crippen LogP contribution in [-0.2, 0) is 11.3 Å². The lowest BCUT2D eigenvalue weighted by Crippen LogP contribution is -2.38. The van der Waals surface area contributed by atoms with Gasteiger partial charge >= 0.3 is 0 Å². The van der Waals surface area contributed by atoms with Gasteiger partial charge in [0.15, 0.2) is 5.96 Å².